The Balaban J connectivity index is 1.56. The Hall–Kier alpha value is -2.41. The van der Waals surface area contributed by atoms with Crippen LogP contribution in [0.4, 0.5) is 0 Å². The second-order valence-corrected chi connectivity index (χ2v) is 5.76. The highest BCUT2D eigenvalue weighted by molar-refractivity contribution is 5.76. The highest BCUT2D eigenvalue weighted by Gasteiger charge is 2.21. The Bertz CT molecular complexity index is 683. The van der Waals surface area contributed by atoms with Gasteiger partial charge >= 0.3 is 0 Å². The number of morpholine rings is 1. The molecule has 24 heavy (non-hydrogen) atoms. The second kappa shape index (κ2) is 7.44. The summed E-state index contributed by atoms with van der Waals surface area (Å²) in [5.74, 6) is 1.85. The standard InChI is InChI=1S/C17H21N3O4/c1-12-11-20(9-10-23-12)16(21)8-7-15-18-17(19-24-15)13-3-5-14(22-2)6-4-13/h3-6,12H,7-11H2,1-2H3. The lowest BCUT2D eigenvalue weighted by Crippen LogP contribution is -2.44. The van der Waals surface area contributed by atoms with Crippen molar-refractivity contribution in [1.82, 2.24) is 15.0 Å². The van der Waals surface area contributed by atoms with Crippen molar-refractivity contribution in [3.8, 4) is 17.1 Å². The van der Waals surface area contributed by atoms with Crippen LogP contribution in [0.1, 0.15) is 19.2 Å². The fraction of sp³-hybridized carbons (Fsp3) is 0.471. The molecule has 1 aromatic carbocycles. The van der Waals surface area contributed by atoms with Crippen molar-refractivity contribution in [1.29, 1.82) is 0 Å². The van der Waals surface area contributed by atoms with E-state index < -0.39 is 0 Å². The topological polar surface area (TPSA) is 77.7 Å². The van der Waals surface area contributed by atoms with Crippen molar-refractivity contribution in [3.63, 3.8) is 0 Å². The molecule has 1 fully saturated rings. The molecule has 2 aromatic rings. The maximum atomic E-state index is 12.2. The molecule has 1 saturated heterocycles. The Kier molecular flexibility index (Phi) is 5.10. The average molecular weight is 331 g/mol. The van der Waals surface area contributed by atoms with Crippen LogP contribution in [0.15, 0.2) is 28.8 Å². The highest BCUT2D eigenvalue weighted by atomic mass is 16.5. The Morgan fingerprint density at radius 1 is 1.38 bits per heavy atom. The third kappa shape index (κ3) is 3.91. The molecule has 3 rings (SSSR count). The van der Waals surface area contributed by atoms with Gasteiger partial charge in [-0.2, -0.15) is 4.98 Å². The van der Waals surface area contributed by atoms with Crippen LogP contribution in [0.5, 0.6) is 5.75 Å². The lowest BCUT2D eigenvalue weighted by molar-refractivity contribution is -0.138. The van der Waals surface area contributed by atoms with E-state index in [4.69, 9.17) is 14.0 Å². The van der Waals surface area contributed by atoms with Crippen LogP contribution in [0.25, 0.3) is 11.4 Å². The zero-order chi connectivity index (χ0) is 16.9. The van der Waals surface area contributed by atoms with Crippen LogP contribution < -0.4 is 4.74 Å². The normalized spacial score (nSPS) is 17.8. The van der Waals surface area contributed by atoms with E-state index in [-0.39, 0.29) is 12.0 Å². The first-order valence-corrected chi connectivity index (χ1v) is 8.02. The van der Waals surface area contributed by atoms with Gasteiger partial charge in [0.05, 0.1) is 19.8 Å². The molecule has 128 valence electrons. The minimum Gasteiger partial charge on any atom is -0.497 e. The van der Waals surface area contributed by atoms with Gasteiger partial charge in [-0.15, -0.1) is 0 Å². The Morgan fingerprint density at radius 3 is 2.88 bits per heavy atom. The SMILES string of the molecule is COc1ccc(-c2noc(CCC(=O)N3CCOC(C)C3)n2)cc1. The Morgan fingerprint density at radius 2 is 2.17 bits per heavy atom. The largest absolute Gasteiger partial charge is 0.497 e. The van der Waals surface area contributed by atoms with Crippen LogP contribution in [0.3, 0.4) is 0 Å². The lowest BCUT2D eigenvalue weighted by Gasteiger charge is -2.31. The molecule has 0 aliphatic carbocycles. The number of carbonyl (C=O) groups is 1. The van der Waals surface area contributed by atoms with Crippen LogP contribution in [-0.4, -0.2) is 53.9 Å². The van der Waals surface area contributed by atoms with E-state index in [2.05, 4.69) is 10.1 Å². The monoisotopic (exact) mass is 331 g/mol. The molecule has 1 aromatic heterocycles. The minimum atomic E-state index is 0.0905. The summed E-state index contributed by atoms with van der Waals surface area (Å²) in [6, 6.07) is 7.42. The van der Waals surface area contributed by atoms with E-state index in [0.29, 0.717) is 44.3 Å². The zero-order valence-corrected chi connectivity index (χ0v) is 13.9. The number of aromatic nitrogens is 2. The number of hydrogen-bond acceptors (Lipinski definition) is 6. The number of hydrogen-bond donors (Lipinski definition) is 0. The molecule has 0 spiro atoms. The number of amides is 1. The predicted molar refractivity (Wildman–Crippen MR) is 86.6 cm³/mol. The lowest BCUT2D eigenvalue weighted by atomic mass is 10.2. The van der Waals surface area contributed by atoms with Gasteiger partial charge in [0, 0.05) is 31.5 Å². The van der Waals surface area contributed by atoms with Gasteiger partial charge in [-0.1, -0.05) is 5.16 Å². The van der Waals surface area contributed by atoms with Gasteiger partial charge < -0.3 is 18.9 Å². The fourth-order valence-electron chi connectivity index (χ4n) is 2.63. The van der Waals surface area contributed by atoms with Crippen molar-refractivity contribution < 1.29 is 18.8 Å². The first-order chi connectivity index (χ1) is 11.7. The first-order valence-electron chi connectivity index (χ1n) is 8.02. The summed E-state index contributed by atoms with van der Waals surface area (Å²) in [5.41, 5.74) is 0.846. The molecule has 1 aliphatic heterocycles. The molecule has 0 N–H and O–H groups in total. The molecule has 1 amide bonds. The minimum absolute atomic E-state index is 0.0905. The molecule has 7 nitrogen and oxygen atoms in total. The van der Waals surface area contributed by atoms with E-state index in [1.165, 1.54) is 0 Å². The molecular weight excluding hydrogens is 310 g/mol. The molecule has 0 bridgehead atoms. The molecule has 1 aliphatic rings. The number of nitrogens with zero attached hydrogens (tertiary/aromatic N) is 3. The number of rotatable bonds is 5. The molecule has 0 saturated carbocycles. The van der Waals surface area contributed by atoms with E-state index >= 15 is 0 Å². The van der Waals surface area contributed by atoms with E-state index in [9.17, 15) is 4.79 Å². The number of aryl methyl sites for hydroxylation is 1. The second-order valence-electron chi connectivity index (χ2n) is 5.76. The molecule has 2 heterocycles. The van der Waals surface area contributed by atoms with Crippen molar-refractivity contribution in [2.75, 3.05) is 26.8 Å². The average Bonchev–Trinajstić information content (AvgIpc) is 3.09. The van der Waals surface area contributed by atoms with E-state index in [1.807, 2.05) is 36.1 Å². The van der Waals surface area contributed by atoms with Crippen LogP contribution in [0.2, 0.25) is 0 Å². The van der Waals surface area contributed by atoms with Crippen molar-refractivity contribution in [2.45, 2.75) is 25.9 Å². The van der Waals surface area contributed by atoms with Gasteiger partial charge in [0.15, 0.2) is 0 Å². The summed E-state index contributed by atoms with van der Waals surface area (Å²) in [6.07, 6.45) is 0.887. The molecular formula is C17H21N3O4. The van der Waals surface area contributed by atoms with Gasteiger partial charge in [-0.3, -0.25) is 4.79 Å². The third-order valence-corrected chi connectivity index (χ3v) is 3.96. The van der Waals surface area contributed by atoms with Gasteiger partial charge in [-0.05, 0) is 31.2 Å². The van der Waals surface area contributed by atoms with E-state index in [0.717, 1.165) is 11.3 Å². The van der Waals surface area contributed by atoms with Gasteiger partial charge in [0.25, 0.3) is 0 Å². The maximum Gasteiger partial charge on any atom is 0.227 e. The fourth-order valence-corrected chi connectivity index (χ4v) is 2.63. The van der Waals surface area contributed by atoms with Crippen LogP contribution >= 0.6 is 0 Å². The summed E-state index contributed by atoms with van der Waals surface area (Å²) in [5, 5.41) is 3.97. The summed E-state index contributed by atoms with van der Waals surface area (Å²) in [7, 11) is 1.62. The maximum absolute atomic E-state index is 12.2. The first kappa shape index (κ1) is 16.4. The van der Waals surface area contributed by atoms with Crippen molar-refractivity contribution in [2.24, 2.45) is 0 Å². The van der Waals surface area contributed by atoms with Gasteiger partial charge in [0.2, 0.25) is 17.6 Å². The Labute approximate surface area is 140 Å². The summed E-state index contributed by atoms with van der Waals surface area (Å²) < 4.78 is 15.8. The van der Waals surface area contributed by atoms with Crippen LogP contribution in [0, 0.1) is 0 Å². The molecule has 7 heteroatoms. The quantitative estimate of drug-likeness (QED) is 0.833. The molecule has 0 radical (unpaired) electrons. The number of ether oxygens (including phenoxy) is 2. The van der Waals surface area contributed by atoms with Gasteiger partial charge in [0.1, 0.15) is 5.75 Å². The van der Waals surface area contributed by atoms with Crippen molar-refractivity contribution in [3.05, 3.63) is 30.2 Å². The number of carbonyl (C=O) groups excluding carboxylic acids is 1. The van der Waals surface area contributed by atoms with Gasteiger partial charge in [-0.25, -0.2) is 0 Å². The predicted octanol–water partition coefficient (Wildman–Crippen LogP) is 1.93. The summed E-state index contributed by atoms with van der Waals surface area (Å²) >= 11 is 0. The number of benzene rings is 1. The molecule has 1 atom stereocenters. The van der Waals surface area contributed by atoms with E-state index in [1.54, 1.807) is 7.11 Å². The molecule has 1 unspecified atom stereocenters. The summed E-state index contributed by atoms with van der Waals surface area (Å²) in [6.45, 7) is 3.84. The number of methoxy groups -OCH3 is 1. The van der Waals surface area contributed by atoms with Crippen molar-refractivity contribution >= 4 is 5.91 Å². The summed E-state index contributed by atoms with van der Waals surface area (Å²) in [4.78, 5) is 18.4. The van der Waals surface area contributed by atoms with Crippen LogP contribution in [-0.2, 0) is 16.0 Å². The zero-order valence-electron chi connectivity index (χ0n) is 13.9. The third-order valence-electron chi connectivity index (χ3n) is 3.96. The highest BCUT2D eigenvalue weighted by Crippen LogP contribution is 2.20. The smallest absolute Gasteiger partial charge is 0.227 e.